The Kier molecular flexibility index (Phi) is 7.92. The Balaban J connectivity index is 1.46. The number of aliphatic hydroxyl groups is 1. The van der Waals surface area contributed by atoms with E-state index in [1.165, 1.54) is 13.8 Å². The van der Waals surface area contributed by atoms with Crippen LogP contribution in [0, 0.1) is 64.0 Å². The summed E-state index contributed by atoms with van der Waals surface area (Å²) in [7, 11) is 0. The van der Waals surface area contributed by atoms with E-state index in [9.17, 15) is 14.7 Å². The van der Waals surface area contributed by atoms with Gasteiger partial charge in [0.15, 0.2) is 24.3 Å². The monoisotopic (exact) mass is 671 g/mol. The average molecular weight is 672 g/mol. The summed E-state index contributed by atoms with van der Waals surface area (Å²) in [4.78, 5) is 41.9. The quantitative estimate of drug-likeness (QED) is 0.265. The van der Waals surface area contributed by atoms with Gasteiger partial charge in [0.05, 0.1) is 18.1 Å². The summed E-state index contributed by atoms with van der Waals surface area (Å²) in [5.41, 5.74) is -0.247. The molecule has 0 radical (unpaired) electrons. The summed E-state index contributed by atoms with van der Waals surface area (Å²) in [6.45, 7) is 12.9. The summed E-state index contributed by atoms with van der Waals surface area (Å²) in [6, 6.07) is 0. The largest absolute Gasteiger partial charge is 0.457 e. The van der Waals surface area contributed by atoms with Gasteiger partial charge in [-0.2, -0.15) is 0 Å². The van der Waals surface area contributed by atoms with Gasteiger partial charge in [-0.3, -0.25) is 14.4 Å². The zero-order valence-corrected chi connectivity index (χ0v) is 30.6. The minimum Gasteiger partial charge on any atom is -0.457 e. The van der Waals surface area contributed by atoms with Crippen LogP contribution in [0.1, 0.15) is 127 Å². The fourth-order valence-electron chi connectivity index (χ4n) is 12.4. The van der Waals surface area contributed by atoms with Gasteiger partial charge >= 0.3 is 5.97 Å². The maximum Gasteiger partial charge on any atom is 0.309 e. The topological polar surface area (TPSA) is 99.1 Å². The zero-order chi connectivity index (χ0) is 39.4. The van der Waals surface area contributed by atoms with Crippen molar-refractivity contribution < 1.29 is 40.6 Å². The highest BCUT2D eigenvalue weighted by Gasteiger charge is 2.80. The summed E-state index contributed by atoms with van der Waals surface area (Å²) in [6.07, 6.45) is 6.02. The Morgan fingerprint density at radius 2 is 1.83 bits per heavy atom. The summed E-state index contributed by atoms with van der Waals surface area (Å²) in [5, 5.41) is 12.9. The second-order valence-electron chi connectivity index (χ2n) is 16.7. The Labute approximate surface area is 296 Å². The van der Waals surface area contributed by atoms with Gasteiger partial charge in [-0.15, -0.1) is 0 Å². The predicted octanol–water partition coefficient (Wildman–Crippen LogP) is 7.64. The van der Waals surface area contributed by atoms with Crippen LogP contribution in [-0.4, -0.2) is 53.3 Å². The highest BCUT2D eigenvalue weighted by Crippen LogP contribution is 2.74. The lowest BCUT2D eigenvalue weighted by atomic mass is 9.39. The first-order chi connectivity index (χ1) is 24.5. The molecule has 7 nitrogen and oxygen atoms in total. The van der Waals surface area contributed by atoms with E-state index in [1.807, 2.05) is 26.8 Å². The number of esters is 1. The molecule has 7 heteroatoms. The minimum absolute atomic E-state index is 0.0248. The summed E-state index contributed by atoms with van der Waals surface area (Å²) < 4.78 is 60.8. The third-order valence-electron chi connectivity index (χ3n) is 14.7. The van der Waals surface area contributed by atoms with Crippen LogP contribution in [0.3, 0.4) is 0 Å². The van der Waals surface area contributed by atoms with Crippen molar-refractivity contribution in [1.29, 1.82) is 0 Å². The van der Waals surface area contributed by atoms with Gasteiger partial charge in [0, 0.05) is 29.5 Å². The molecule has 1 N–H and O–H groups in total. The van der Waals surface area contributed by atoms with Crippen LogP contribution < -0.4 is 0 Å². The van der Waals surface area contributed by atoms with E-state index in [4.69, 9.17) is 21.1 Å². The van der Waals surface area contributed by atoms with Gasteiger partial charge < -0.3 is 19.3 Å². The molecule has 0 aromatic carbocycles. The van der Waals surface area contributed by atoms with Crippen molar-refractivity contribution in [2.24, 2.45) is 64.0 Å². The molecule has 0 aromatic heterocycles. The zero-order valence-electron chi connectivity index (χ0n) is 35.6. The summed E-state index contributed by atoms with van der Waals surface area (Å²) in [5.74, 6) is -7.39. The first kappa shape index (κ1) is 29.9. The third kappa shape index (κ3) is 4.71. The van der Waals surface area contributed by atoms with Crippen molar-refractivity contribution in [3.05, 3.63) is 22.8 Å². The first-order valence-corrected chi connectivity index (χ1v) is 18.7. The standard InChI is InChI=1S/C41H62O7/c1-11-39-27(10)36(44)35-30(17-16-28-18-32(42)25(8)26(9)40(28,35)22(4)5)31(39)19-34-41(39,33(43)20-46-37(45)24(7)21(2)3)48-38(47-34)29-15-13-12-14-23(29)6/h18,21-24,27,29-31,34-36,38,44H,11-17,19-20H2,1-10H3/t23?,24?,27?,29?,30-,31-,34+,35+,36-,38+,39-,40-,41+/m0/s1/i7D3,21D,24D. The lowest BCUT2D eigenvalue weighted by Gasteiger charge is -2.66. The molecule has 0 spiro atoms. The van der Waals surface area contributed by atoms with Crippen molar-refractivity contribution in [2.45, 2.75) is 145 Å². The molecular weight excluding hydrogens is 604 g/mol. The van der Waals surface area contributed by atoms with Gasteiger partial charge in [-0.1, -0.05) is 85.7 Å². The maximum atomic E-state index is 15.2. The molecule has 6 aliphatic rings. The molecule has 5 aliphatic carbocycles. The number of ether oxygens (including phenoxy) is 3. The van der Waals surface area contributed by atoms with Gasteiger partial charge in [-0.05, 0) is 93.1 Å². The van der Waals surface area contributed by atoms with Crippen LogP contribution >= 0.6 is 0 Å². The molecular formula is C41H62O7. The van der Waals surface area contributed by atoms with Crippen molar-refractivity contribution in [3.63, 3.8) is 0 Å². The first-order valence-electron chi connectivity index (χ1n) is 21.2. The van der Waals surface area contributed by atoms with E-state index < -0.39 is 77.8 Å². The number of hydrogen-bond acceptors (Lipinski definition) is 7. The van der Waals surface area contributed by atoms with E-state index in [2.05, 4.69) is 27.7 Å². The van der Waals surface area contributed by atoms with Gasteiger partial charge in [0.2, 0.25) is 5.78 Å². The smallest absolute Gasteiger partial charge is 0.309 e. The van der Waals surface area contributed by atoms with Gasteiger partial charge in [0.1, 0.15) is 0 Å². The lowest BCUT2D eigenvalue weighted by Crippen LogP contribution is -2.69. The number of carbonyl (C=O) groups excluding carboxylic acids is 3. The normalized spacial score (nSPS) is 47.2. The van der Waals surface area contributed by atoms with Crippen LogP contribution in [0.5, 0.6) is 0 Å². The van der Waals surface area contributed by atoms with E-state index in [-0.39, 0.29) is 35.4 Å². The Bertz CT molecular complexity index is 1560. The molecule has 0 bridgehead atoms. The Morgan fingerprint density at radius 3 is 2.46 bits per heavy atom. The van der Waals surface area contributed by atoms with Crippen molar-refractivity contribution in [1.82, 2.24) is 0 Å². The molecule has 0 amide bonds. The average Bonchev–Trinajstić information content (AvgIpc) is 3.59. The number of allylic oxidation sites excluding steroid dienone is 4. The predicted molar refractivity (Wildman–Crippen MR) is 185 cm³/mol. The number of carbonyl (C=O) groups is 3. The van der Waals surface area contributed by atoms with Crippen molar-refractivity contribution in [3.8, 4) is 0 Å². The second kappa shape index (κ2) is 12.7. The van der Waals surface area contributed by atoms with E-state index >= 15 is 4.79 Å². The summed E-state index contributed by atoms with van der Waals surface area (Å²) >= 11 is 0. The minimum atomic E-state index is -3.19. The number of Topliss-reactive ketones (excluding diaryl/α,β-unsaturated/α-hetero) is 1. The highest BCUT2D eigenvalue weighted by atomic mass is 16.7. The van der Waals surface area contributed by atoms with Gasteiger partial charge in [-0.25, -0.2) is 0 Å². The molecule has 0 aromatic rings. The van der Waals surface area contributed by atoms with Crippen molar-refractivity contribution in [2.75, 3.05) is 6.61 Å². The van der Waals surface area contributed by atoms with Crippen LogP contribution in [0.2, 0.25) is 0 Å². The molecule has 1 aliphatic heterocycles. The molecule has 48 heavy (non-hydrogen) atoms. The number of rotatable bonds is 8. The number of fused-ring (bicyclic) bond motifs is 7. The lowest BCUT2D eigenvalue weighted by molar-refractivity contribution is -0.241. The van der Waals surface area contributed by atoms with Crippen LogP contribution in [0.4, 0.5) is 0 Å². The fourth-order valence-corrected chi connectivity index (χ4v) is 12.4. The van der Waals surface area contributed by atoms with Gasteiger partial charge in [0.25, 0.3) is 0 Å². The molecule has 1 heterocycles. The van der Waals surface area contributed by atoms with E-state index in [0.29, 0.717) is 25.2 Å². The molecule has 268 valence electrons. The number of hydrogen-bond donors (Lipinski definition) is 1. The van der Waals surface area contributed by atoms with Crippen LogP contribution in [-0.2, 0) is 28.6 Å². The van der Waals surface area contributed by atoms with E-state index in [1.54, 1.807) is 0 Å². The Hall–Kier alpha value is -1.83. The van der Waals surface area contributed by atoms with Crippen LogP contribution in [0.25, 0.3) is 0 Å². The maximum absolute atomic E-state index is 15.2. The molecule has 5 fully saturated rings. The van der Waals surface area contributed by atoms with Crippen molar-refractivity contribution >= 4 is 17.5 Å². The second-order valence-corrected chi connectivity index (χ2v) is 16.7. The highest BCUT2D eigenvalue weighted by molar-refractivity contribution is 6.06. The molecule has 4 unspecified atom stereocenters. The molecule has 1 saturated heterocycles. The number of ketones is 2. The molecule has 6 rings (SSSR count). The van der Waals surface area contributed by atoms with Crippen LogP contribution in [0.15, 0.2) is 22.8 Å². The van der Waals surface area contributed by atoms with E-state index in [0.717, 1.165) is 48.8 Å². The Morgan fingerprint density at radius 1 is 1.12 bits per heavy atom. The fraction of sp³-hybridized carbons (Fsp3) is 0.829. The number of aliphatic hydroxyl groups excluding tert-OH is 1. The molecule has 4 saturated carbocycles. The third-order valence-corrected chi connectivity index (χ3v) is 14.7. The molecule has 13 atom stereocenters. The SMILES string of the molecule is [2H]C([2H])([2H])C([2H])(C(=O)OCC(=O)[C@@]12O[C@H](C3CCCCC3C)O[C@@H]1C[C@H]1[C@@H]3CCC4=CC(=O)C(C)=C(C)[C@]4(C(C)C)[C@H]3[C@@H](O)C(C)[C@@]12CC)C([2H])(C)C.